The van der Waals surface area contributed by atoms with Crippen LogP contribution in [-0.2, 0) is 18.8 Å². The predicted octanol–water partition coefficient (Wildman–Crippen LogP) is 4.56. The molecule has 0 aliphatic heterocycles. The molecule has 0 aromatic carbocycles. The second-order valence-electron chi connectivity index (χ2n) is 6.74. The maximum absolute atomic E-state index is 12.9. The molecule has 3 heterocycles. The highest BCUT2D eigenvalue weighted by Crippen LogP contribution is 2.39. The van der Waals surface area contributed by atoms with E-state index in [1.165, 1.54) is 6.07 Å². The lowest BCUT2D eigenvalue weighted by Crippen LogP contribution is -2.10. The molecule has 11 heteroatoms. The Morgan fingerprint density at radius 1 is 1.00 bits per heavy atom. The Kier molecular flexibility index (Phi) is 4.55. The number of alkyl halides is 6. The molecule has 0 radical (unpaired) electrons. The summed E-state index contributed by atoms with van der Waals surface area (Å²) in [7, 11) is 0. The van der Waals surface area contributed by atoms with E-state index in [0.717, 1.165) is 36.0 Å². The molecule has 0 bridgehead atoms. The van der Waals surface area contributed by atoms with Crippen LogP contribution in [0.3, 0.4) is 0 Å². The Balaban J connectivity index is 1.69. The summed E-state index contributed by atoms with van der Waals surface area (Å²) >= 11 is 0. The molecule has 5 nitrogen and oxygen atoms in total. The van der Waals surface area contributed by atoms with Crippen LogP contribution in [0.25, 0.3) is 5.82 Å². The van der Waals surface area contributed by atoms with E-state index in [0.29, 0.717) is 17.5 Å². The van der Waals surface area contributed by atoms with E-state index in [9.17, 15) is 26.3 Å². The summed E-state index contributed by atoms with van der Waals surface area (Å²) < 4.78 is 78.2. The zero-order chi connectivity index (χ0) is 20.8. The number of nitrogens with zero attached hydrogens (tertiary/aromatic N) is 5. The first-order chi connectivity index (χ1) is 13.6. The third kappa shape index (κ3) is 4.38. The summed E-state index contributed by atoms with van der Waals surface area (Å²) in [4.78, 5) is 11.9. The van der Waals surface area contributed by atoms with Crippen molar-refractivity contribution < 1.29 is 26.3 Å². The average molecular weight is 413 g/mol. The van der Waals surface area contributed by atoms with Crippen LogP contribution in [-0.4, -0.2) is 24.7 Å². The fraction of sp³-hybridized carbons (Fsp3) is 0.333. The second kappa shape index (κ2) is 6.82. The van der Waals surface area contributed by atoms with Crippen molar-refractivity contribution in [2.24, 2.45) is 0 Å². The van der Waals surface area contributed by atoms with Crippen LogP contribution >= 0.6 is 0 Å². The van der Waals surface area contributed by atoms with Crippen LogP contribution in [0.5, 0.6) is 0 Å². The first-order valence-electron chi connectivity index (χ1n) is 8.62. The van der Waals surface area contributed by atoms with Gasteiger partial charge in [-0.25, -0.2) is 14.6 Å². The van der Waals surface area contributed by atoms with Gasteiger partial charge in [0.1, 0.15) is 11.5 Å². The van der Waals surface area contributed by atoms with Crippen LogP contribution in [0.2, 0.25) is 0 Å². The fourth-order valence-corrected chi connectivity index (χ4v) is 2.80. The molecule has 1 fully saturated rings. The van der Waals surface area contributed by atoms with Gasteiger partial charge in [0.2, 0.25) is 0 Å². The summed E-state index contributed by atoms with van der Waals surface area (Å²) in [6, 6.07) is 3.88. The van der Waals surface area contributed by atoms with E-state index in [1.54, 1.807) is 6.07 Å². The van der Waals surface area contributed by atoms with Crippen molar-refractivity contribution in [2.45, 2.75) is 37.5 Å². The molecular formula is C18H13F6N5. The van der Waals surface area contributed by atoms with Gasteiger partial charge in [-0.05, 0) is 30.5 Å². The molecular weight excluding hydrogens is 400 g/mol. The van der Waals surface area contributed by atoms with Crippen LogP contribution in [0.4, 0.5) is 26.3 Å². The molecule has 0 amide bonds. The summed E-state index contributed by atoms with van der Waals surface area (Å²) in [6.07, 6.45) is -4.82. The van der Waals surface area contributed by atoms with E-state index in [1.807, 2.05) is 0 Å². The molecule has 1 aliphatic carbocycles. The van der Waals surface area contributed by atoms with Crippen LogP contribution < -0.4 is 0 Å². The maximum atomic E-state index is 12.9. The molecule has 0 atom stereocenters. The predicted molar refractivity (Wildman–Crippen MR) is 88.2 cm³/mol. The third-order valence-corrected chi connectivity index (χ3v) is 4.40. The van der Waals surface area contributed by atoms with Crippen LogP contribution in [0, 0.1) is 0 Å². The summed E-state index contributed by atoms with van der Waals surface area (Å²) in [5, 5.41) is 3.72. The number of pyridine rings is 1. The van der Waals surface area contributed by atoms with E-state index in [-0.39, 0.29) is 24.0 Å². The fourth-order valence-electron chi connectivity index (χ4n) is 2.80. The number of hydrogen-bond acceptors (Lipinski definition) is 4. The van der Waals surface area contributed by atoms with Crippen molar-refractivity contribution in [3.05, 3.63) is 65.1 Å². The van der Waals surface area contributed by atoms with Gasteiger partial charge >= 0.3 is 12.4 Å². The number of halogens is 6. The van der Waals surface area contributed by atoms with Gasteiger partial charge in [0.15, 0.2) is 5.82 Å². The number of aromatic nitrogens is 5. The topological polar surface area (TPSA) is 56.5 Å². The molecule has 0 spiro atoms. The lowest BCUT2D eigenvalue weighted by atomic mass is 10.1. The van der Waals surface area contributed by atoms with E-state index in [2.05, 4.69) is 20.1 Å². The highest BCUT2D eigenvalue weighted by atomic mass is 19.4. The van der Waals surface area contributed by atoms with E-state index >= 15 is 0 Å². The molecule has 3 aromatic heterocycles. The van der Waals surface area contributed by atoms with Crippen LogP contribution in [0.1, 0.15) is 47.1 Å². The zero-order valence-corrected chi connectivity index (χ0v) is 14.7. The van der Waals surface area contributed by atoms with Crippen molar-refractivity contribution in [1.29, 1.82) is 0 Å². The second-order valence-corrected chi connectivity index (χ2v) is 6.74. The Morgan fingerprint density at radius 3 is 2.38 bits per heavy atom. The molecule has 4 rings (SSSR count). The van der Waals surface area contributed by atoms with E-state index in [4.69, 9.17) is 0 Å². The van der Waals surface area contributed by atoms with Crippen LogP contribution in [0.15, 0.2) is 36.8 Å². The Labute approximate surface area is 160 Å². The van der Waals surface area contributed by atoms with Gasteiger partial charge < -0.3 is 0 Å². The standard InChI is InChI=1S/C18H13F6N5/c19-17(20,21)12-8-26-29(9-12)16-7-13(11-1-2-11)27-15(28-16)6-10-3-4-25-14(5-10)18(22,23)24/h3-5,7-9,11H,1-2,6H2. The minimum atomic E-state index is -4.58. The van der Waals surface area contributed by atoms with Crippen molar-refractivity contribution in [2.75, 3.05) is 0 Å². The molecule has 0 N–H and O–H groups in total. The lowest BCUT2D eigenvalue weighted by Gasteiger charge is -2.10. The number of hydrogen-bond donors (Lipinski definition) is 0. The molecule has 29 heavy (non-hydrogen) atoms. The van der Waals surface area contributed by atoms with Crippen molar-refractivity contribution in [3.8, 4) is 5.82 Å². The highest BCUT2D eigenvalue weighted by Gasteiger charge is 2.34. The Bertz CT molecular complexity index is 1040. The molecule has 1 saturated carbocycles. The van der Waals surface area contributed by atoms with Gasteiger partial charge in [-0.3, -0.25) is 4.98 Å². The summed E-state index contributed by atoms with van der Waals surface area (Å²) in [5.74, 6) is 0.501. The normalized spacial score (nSPS) is 15.0. The monoisotopic (exact) mass is 413 g/mol. The highest BCUT2D eigenvalue weighted by molar-refractivity contribution is 5.31. The Hall–Kier alpha value is -2.98. The third-order valence-electron chi connectivity index (χ3n) is 4.40. The summed E-state index contributed by atoms with van der Waals surface area (Å²) in [5.41, 5.74) is -1.02. The quantitative estimate of drug-likeness (QED) is 0.589. The molecule has 0 unspecified atom stereocenters. The van der Waals surface area contributed by atoms with Gasteiger partial charge in [0, 0.05) is 36.5 Å². The minimum absolute atomic E-state index is 0.0213. The minimum Gasteiger partial charge on any atom is -0.252 e. The van der Waals surface area contributed by atoms with Gasteiger partial charge in [0.05, 0.1) is 11.8 Å². The first-order valence-corrected chi connectivity index (χ1v) is 8.62. The van der Waals surface area contributed by atoms with Gasteiger partial charge in [-0.15, -0.1) is 0 Å². The van der Waals surface area contributed by atoms with Gasteiger partial charge in [-0.2, -0.15) is 31.4 Å². The zero-order valence-electron chi connectivity index (χ0n) is 14.7. The largest absolute Gasteiger partial charge is 0.433 e. The molecule has 0 saturated heterocycles. The maximum Gasteiger partial charge on any atom is 0.433 e. The lowest BCUT2D eigenvalue weighted by molar-refractivity contribution is -0.141. The van der Waals surface area contributed by atoms with E-state index < -0.39 is 23.6 Å². The SMILES string of the molecule is FC(F)(F)c1cnn(-c2cc(C3CC3)nc(Cc3ccnc(C(F)(F)F)c3)n2)c1. The van der Waals surface area contributed by atoms with Crippen molar-refractivity contribution in [3.63, 3.8) is 0 Å². The van der Waals surface area contributed by atoms with Crippen molar-refractivity contribution in [1.82, 2.24) is 24.7 Å². The molecule has 1 aliphatic rings. The number of rotatable bonds is 4. The van der Waals surface area contributed by atoms with Gasteiger partial charge in [0.25, 0.3) is 0 Å². The average Bonchev–Trinajstić information content (AvgIpc) is 3.36. The molecule has 3 aromatic rings. The molecule has 152 valence electrons. The first kappa shape index (κ1) is 19.3. The van der Waals surface area contributed by atoms with Crippen molar-refractivity contribution >= 4 is 0 Å². The summed E-state index contributed by atoms with van der Waals surface area (Å²) in [6.45, 7) is 0. The Morgan fingerprint density at radius 2 is 1.76 bits per heavy atom. The van der Waals surface area contributed by atoms with Gasteiger partial charge in [-0.1, -0.05) is 0 Å². The smallest absolute Gasteiger partial charge is 0.252 e.